The molecule has 0 aliphatic carbocycles. The van der Waals surface area contributed by atoms with Crippen molar-refractivity contribution in [2.75, 3.05) is 11.6 Å². The zero-order valence-corrected chi connectivity index (χ0v) is 8.94. The average Bonchev–Trinajstić information content (AvgIpc) is 2.63. The molecule has 1 aromatic rings. The summed E-state index contributed by atoms with van der Waals surface area (Å²) in [6.45, 7) is 0. The summed E-state index contributed by atoms with van der Waals surface area (Å²) < 4.78 is 0. The van der Waals surface area contributed by atoms with Gasteiger partial charge in [-0.3, -0.25) is 0 Å². The molecule has 0 bridgehead atoms. The first-order valence-corrected chi connectivity index (χ1v) is 5.02. The van der Waals surface area contributed by atoms with E-state index in [1.165, 1.54) is 0 Å². The lowest BCUT2D eigenvalue weighted by molar-refractivity contribution is -0.136. The smallest absolute Gasteiger partial charge is 0.367 e. The highest BCUT2D eigenvalue weighted by molar-refractivity contribution is 6.38. The maximum Gasteiger partial charge on any atom is 0.367 e. The number of pyridine rings is 1. The first-order valence-electron chi connectivity index (χ1n) is 4.49. The summed E-state index contributed by atoms with van der Waals surface area (Å²) in [5.74, 6) is -0.0832. The second kappa shape index (κ2) is 4.32. The second-order valence-electron chi connectivity index (χ2n) is 3.09. The number of alkyl halides is 1. The van der Waals surface area contributed by atoms with Crippen LogP contribution in [0.2, 0.25) is 0 Å². The molecular weight excluding hydrogens is 230 g/mol. The van der Waals surface area contributed by atoms with Crippen molar-refractivity contribution < 1.29 is 9.63 Å². The van der Waals surface area contributed by atoms with Crippen LogP contribution in [0.5, 0.6) is 0 Å². The molecule has 0 saturated heterocycles. The zero-order chi connectivity index (χ0) is 11.5. The summed E-state index contributed by atoms with van der Waals surface area (Å²) in [5.41, 5.74) is 7.00. The van der Waals surface area contributed by atoms with E-state index in [4.69, 9.17) is 17.3 Å². The van der Waals surface area contributed by atoms with Gasteiger partial charge in [0.25, 0.3) is 0 Å². The fraction of sp³-hybridized carbons (Fsp3) is 0.100. The molecule has 2 rings (SSSR count). The van der Waals surface area contributed by atoms with Crippen LogP contribution < -0.4 is 5.73 Å². The summed E-state index contributed by atoms with van der Waals surface area (Å²) in [5, 5.41) is 3.55. The standard InChI is InChI=1S/C10H8ClN3O2/c11-5-8-7(10(15)16-14-8)4-6-2-1-3-13-9(6)12/h1-4H,5H2,(H2,12,13). The minimum absolute atomic E-state index is 0.109. The molecule has 0 aromatic carbocycles. The van der Waals surface area contributed by atoms with Crippen LogP contribution in [0.15, 0.2) is 29.1 Å². The third kappa shape index (κ3) is 1.90. The SMILES string of the molecule is Nc1ncccc1C=C1C(=O)ON=C1CCl. The fourth-order valence-corrected chi connectivity index (χ4v) is 1.45. The number of carbonyl (C=O) groups excluding carboxylic acids is 1. The van der Waals surface area contributed by atoms with Gasteiger partial charge >= 0.3 is 5.97 Å². The molecule has 0 spiro atoms. The van der Waals surface area contributed by atoms with Gasteiger partial charge < -0.3 is 10.6 Å². The maximum atomic E-state index is 11.3. The molecule has 16 heavy (non-hydrogen) atoms. The fourth-order valence-electron chi connectivity index (χ4n) is 1.26. The molecule has 0 radical (unpaired) electrons. The van der Waals surface area contributed by atoms with Gasteiger partial charge in [0.05, 0.1) is 11.5 Å². The van der Waals surface area contributed by atoms with Gasteiger partial charge in [-0.2, -0.15) is 0 Å². The number of carbonyl (C=O) groups is 1. The van der Waals surface area contributed by atoms with E-state index < -0.39 is 5.97 Å². The molecule has 1 aromatic heterocycles. The Hall–Kier alpha value is -1.88. The molecule has 1 aliphatic heterocycles. The van der Waals surface area contributed by atoms with Crippen molar-refractivity contribution in [1.82, 2.24) is 4.98 Å². The Morgan fingerprint density at radius 3 is 3.06 bits per heavy atom. The van der Waals surface area contributed by atoms with Gasteiger partial charge in [-0.05, 0) is 18.2 Å². The highest BCUT2D eigenvalue weighted by Crippen LogP contribution is 2.18. The number of hydrogen-bond donors (Lipinski definition) is 1. The van der Waals surface area contributed by atoms with Crippen molar-refractivity contribution in [2.45, 2.75) is 0 Å². The molecule has 5 nitrogen and oxygen atoms in total. The van der Waals surface area contributed by atoms with Crippen LogP contribution in [0.4, 0.5) is 5.82 Å². The van der Waals surface area contributed by atoms with E-state index in [0.29, 0.717) is 22.7 Å². The van der Waals surface area contributed by atoms with Crippen LogP contribution in [-0.2, 0) is 9.63 Å². The van der Waals surface area contributed by atoms with Crippen LogP contribution in [-0.4, -0.2) is 22.5 Å². The first kappa shape index (κ1) is 10.6. The van der Waals surface area contributed by atoms with Gasteiger partial charge in [0.15, 0.2) is 0 Å². The second-order valence-corrected chi connectivity index (χ2v) is 3.35. The predicted octanol–water partition coefficient (Wildman–Crippen LogP) is 1.20. The lowest BCUT2D eigenvalue weighted by atomic mass is 10.1. The Bertz CT molecular complexity index is 497. The molecule has 2 N–H and O–H groups in total. The number of halogens is 1. The number of rotatable bonds is 2. The maximum absolute atomic E-state index is 11.3. The average molecular weight is 238 g/mol. The van der Waals surface area contributed by atoms with E-state index in [0.717, 1.165) is 0 Å². The molecule has 2 heterocycles. The van der Waals surface area contributed by atoms with E-state index in [1.54, 1.807) is 24.4 Å². The summed E-state index contributed by atoms with van der Waals surface area (Å²) in [4.78, 5) is 19.8. The minimum atomic E-state index is -0.529. The molecule has 6 heteroatoms. The Balaban J connectivity index is 2.41. The number of hydrogen-bond acceptors (Lipinski definition) is 5. The summed E-state index contributed by atoms with van der Waals surface area (Å²) in [7, 11) is 0. The van der Waals surface area contributed by atoms with Crippen molar-refractivity contribution in [3.05, 3.63) is 29.5 Å². The number of nitrogens with zero attached hydrogens (tertiary/aromatic N) is 2. The number of oxime groups is 1. The van der Waals surface area contributed by atoms with Gasteiger partial charge in [0, 0.05) is 11.8 Å². The quantitative estimate of drug-likeness (QED) is 0.476. The van der Waals surface area contributed by atoms with Crippen molar-refractivity contribution in [3.8, 4) is 0 Å². The topological polar surface area (TPSA) is 77.6 Å². The minimum Gasteiger partial charge on any atom is -0.383 e. The Labute approximate surface area is 96.5 Å². The highest BCUT2D eigenvalue weighted by atomic mass is 35.5. The number of anilines is 1. The molecular formula is C10H8ClN3O2. The molecule has 0 atom stereocenters. The Morgan fingerprint density at radius 1 is 1.56 bits per heavy atom. The number of aromatic nitrogens is 1. The third-order valence-corrected chi connectivity index (χ3v) is 2.32. The predicted molar refractivity (Wildman–Crippen MR) is 60.9 cm³/mol. The first-order chi connectivity index (χ1) is 7.72. The van der Waals surface area contributed by atoms with Crippen molar-refractivity contribution in [3.63, 3.8) is 0 Å². The van der Waals surface area contributed by atoms with Crippen molar-refractivity contribution in [1.29, 1.82) is 0 Å². The third-order valence-electron chi connectivity index (χ3n) is 2.07. The van der Waals surface area contributed by atoms with Gasteiger partial charge in [-0.1, -0.05) is 5.16 Å². The van der Waals surface area contributed by atoms with Gasteiger partial charge in [-0.15, -0.1) is 11.6 Å². The molecule has 0 unspecified atom stereocenters. The van der Waals surface area contributed by atoms with Crippen molar-refractivity contribution >= 4 is 35.2 Å². The van der Waals surface area contributed by atoms with Crippen molar-refractivity contribution in [2.24, 2.45) is 5.16 Å². The molecule has 0 fully saturated rings. The Kier molecular flexibility index (Phi) is 2.87. The summed E-state index contributed by atoms with van der Waals surface area (Å²) in [6, 6.07) is 3.47. The zero-order valence-electron chi connectivity index (χ0n) is 8.18. The monoisotopic (exact) mass is 237 g/mol. The lowest BCUT2D eigenvalue weighted by Gasteiger charge is -1.99. The van der Waals surface area contributed by atoms with Crippen LogP contribution in [0.3, 0.4) is 0 Å². The van der Waals surface area contributed by atoms with Crippen LogP contribution in [0, 0.1) is 0 Å². The molecule has 1 aliphatic rings. The van der Waals surface area contributed by atoms with E-state index in [2.05, 4.69) is 15.0 Å². The Morgan fingerprint density at radius 2 is 2.38 bits per heavy atom. The van der Waals surface area contributed by atoms with E-state index in [-0.39, 0.29) is 5.88 Å². The lowest BCUT2D eigenvalue weighted by Crippen LogP contribution is -2.07. The highest BCUT2D eigenvalue weighted by Gasteiger charge is 2.24. The van der Waals surface area contributed by atoms with Crippen LogP contribution in [0.1, 0.15) is 5.56 Å². The number of nitrogens with two attached hydrogens (primary N) is 1. The largest absolute Gasteiger partial charge is 0.383 e. The van der Waals surface area contributed by atoms with Crippen LogP contribution >= 0.6 is 11.6 Å². The summed E-state index contributed by atoms with van der Waals surface area (Å²) in [6.07, 6.45) is 3.14. The molecule has 82 valence electrons. The van der Waals surface area contributed by atoms with Gasteiger partial charge in [0.1, 0.15) is 11.5 Å². The molecule has 0 amide bonds. The normalized spacial score (nSPS) is 17.4. The number of nitrogen functional groups attached to an aromatic ring is 1. The molecule has 0 saturated carbocycles. The van der Waals surface area contributed by atoms with E-state index in [1.807, 2.05) is 0 Å². The summed E-state index contributed by atoms with van der Waals surface area (Å²) >= 11 is 5.62. The van der Waals surface area contributed by atoms with E-state index in [9.17, 15) is 4.79 Å². The van der Waals surface area contributed by atoms with Gasteiger partial charge in [0.2, 0.25) is 0 Å². The van der Waals surface area contributed by atoms with Crippen LogP contribution in [0.25, 0.3) is 6.08 Å². The van der Waals surface area contributed by atoms with E-state index >= 15 is 0 Å². The van der Waals surface area contributed by atoms with Gasteiger partial charge in [-0.25, -0.2) is 9.78 Å².